The first-order valence-corrected chi connectivity index (χ1v) is 9.61. The number of hydrogen-bond donors (Lipinski definition) is 0. The van der Waals surface area contributed by atoms with Crippen molar-refractivity contribution in [3.63, 3.8) is 0 Å². The zero-order chi connectivity index (χ0) is 18.0. The van der Waals surface area contributed by atoms with E-state index in [4.69, 9.17) is 4.74 Å². The zero-order valence-corrected chi connectivity index (χ0v) is 15.7. The summed E-state index contributed by atoms with van der Waals surface area (Å²) in [5.74, 6) is 0.896. The Morgan fingerprint density at radius 2 is 1.81 bits per heavy atom. The van der Waals surface area contributed by atoms with Crippen LogP contribution in [0.5, 0.6) is 5.75 Å². The average molecular weight is 348 g/mol. The molecule has 0 unspecified atom stereocenters. The third kappa shape index (κ3) is 5.80. The molecule has 2 nitrogen and oxygen atoms in total. The molecule has 0 atom stereocenters. The van der Waals surface area contributed by atoms with Gasteiger partial charge in [0.25, 0.3) is 0 Å². The molecule has 2 heteroatoms. The molecule has 1 aliphatic carbocycles. The highest BCUT2D eigenvalue weighted by Gasteiger charge is 2.07. The molecule has 2 aromatic carbocycles. The number of methoxy groups -OCH3 is 1. The fourth-order valence-electron chi connectivity index (χ4n) is 3.35. The zero-order valence-electron chi connectivity index (χ0n) is 15.7. The van der Waals surface area contributed by atoms with Crippen molar-refractivity contribution in [3.8, 4) is 5.75 Å². The molecule has 0 amide bonds. The summed E-state index contributed by atoms with van der Waals surface area (Å²) in [4.78, 5) is 2.43. The third-order valence-corrected chi connectivity index (χ3v) is 4.93. The van der Waals surface area contributed by atoms with Gasteiger partial charge in [0.15, 0.2) is 0 Å². The molecule has 0 aromatic heterocycles. The summed E-state index contributed by atoms with van der Waals surface area (Å²) in [5.41, 5.74) is 4.18. The maximum atomic E-state index is 5.24. The van der Waals surface area contributed by atoms with E-state index in [1.807, 2.05) is 12.1 Å². The number of nitrogens with zero attached hydrogens (tertiary/aromatic N) is 1. The number of ether oxygens (including phenoxy) is 1. The van der Waals surface area contributed by atoms with Crippen LogP contribution in [0.2, 0.25) is 0 Å². The highest BCUT2D eigenvalue weighted by atomic mass is 16.5. The fraction of sp³-hybridized carbons (Fsp3) is 0.333. The minimum absolute atomic E-state index is 0.896. The van der Waals surface area contributed by atoms with Gasteiger partial charge in [-0.25, -0.2) is 0 Å². The lowest BCUT2D eigenvalue weighted by atomic mass is 9.97. The van der Waals surface area contributed by atoms with Crippen LogP contribution < -0.4 is 4.74 Å². The molecule has 0 aliphatic heterocycles. The quantitative estimate of drug-likeness (QED) is 0.538. The summed E-state index contributed by atoms with van der Waals surface area (Å²) in [6, 6.07) is 18.9. The van der Waals surface area contributed by atoms with Gasteiger partial charge in [0.1, 0.15) is 5.75 Å². The van der Waals surface area contributed by atoms with Crippen molar-refractivity contribution in [1.82, 2.24) is 4.90 Å². The molecule has 0 bridgehead atoms. The van der Waals surface area contributed by atoms with Crippen molar-refractivity contribution in [2.75, 3.05) is 13.7 Å². The topological polar surface area (TPSA) is 12.5 Å². The molecule has 0 heterocycles. The fourth-order valence-corrected chi connectivity index (χ4v) is 3.35. The lowest BCUT2D eigenvalue weighted by Gasteiger charge is -2.22. The van der Waals surface area contributed by atoms with Gasteiger partial charge in [-0.05, 0) is 67.6 Å². The Balaban J connectivity index is 1.66. The van der Waals surface area contributed by atoms with Gasteiger partial charge >= 0.3 is 0 Å². The van der Waals surface area contributed by atoms with Gasteiger partial charge in [-0.15, -0.1) is 0 Å². The Kier molecular flexibility index (Phi) is 6.95. The molecule has 0 N–H and O–H groups in total. The Morgan fingerprint density at radius 3 is 2.50 bits per heavy atom. The summed E-state index contributed by atoms with van der Waals surface area (Å²) < 4.78 is 5.24. The first-order valence-electron chi connectivity index (χ1n) is 9.61. The van der Waals surface area contributed by atoms with Crippen LogP contribution in [-0.4, -0.2) is 18.6 Å². The van der Waals surface area contributed by atoms with E-state index >= 15 is 0 Å². The van der Waals surface area contributed by atoms with Crippen LogP contribution >= 0.6 is 0 Å². The van der Waals surface area contributed by atoms with Crippen LogP contribution in [-0.2, 0) is 6.54 Å². The first-order chi connectivity index (χ1) is 12.8. The molecule has 0 saturated heterocycles. The van der Waals surface area contributed by atoms with Gasteiger partial charge in [-0.2, -0.15) is 0 Å². The Morgan fingerprint density at radius 1 is 1.00 bits per heavy atom. The van der Waals surface area contributed by atoms with Gasteiger partial charge in [0.2, 0.25) is 0 Å². The number of hydrogen-bond acceptors (Lipinski definition) is 2. The van der Waals surface area contributed by atoms with Crippen LogP contribution in [0.3, 0.4) is 0 Å². The van der Waals surface area contributed by atoms with Crippen molar-refractivity contribution in [2.24, 2.45) is 0 Å². The van der Waals surface area contributed by atoms with E-state index in [2.05, 4.69) is 65.7 Å². The number of rotatable bonds is 8. The van der Waals surface area contributed by atoms with Crippen molar-refractivity contribution in [1.29, 1.82) is 0 Å². The second-order valence-corrected chi connectivity index (χ2v) is 6.90. The molecule has 136 valence electrons. The lowest BCUT2D eigenvalue weighted by Crippen LogP contribution is -2.19. The van der Waals surface area contributed by atoms with E-state index in [0.717, 1.165) is 18.8 Å². The van der Waals surface area contributed by atoms with E-state index in [9.17, 15) is 0 Å². The maximum absolute atomic E-state index is 5.24. The van der Waals surface area contributed by atoms with Crippen molar-refractivity contribution in [3.05, 3.63) is 83.6 Å². The van der Waals surface area contributed by atoms with Crippen molar-refractivity contribution >= 4 is 6.08 Å². The van der Waals surface area contributed by atoms with Crippen LogP contribution in [0.4, 0.5) is 0 Å². The minimum atomic E-state index is 0.896. The smallest absolute Gasteiger partial charge is 0.118 e. The molecule has 3 rings (SSSR count). The van der Waals surface area contributed by atoms with E-state index < -0.39 is 0 Å². The highest BCUT2D eigenvalue weighted by Crippen LogP contribution is 2.21. The molecule has 0 spiro atoms. The second kappa shape index (κ2) is 9.86. The molecular formula is C24H29NO. The highest BCUT2D eigenvalue weighted by molar-refractivity contribution is 5.50. The van der Waals surface area contributed by atoms with Gasteiger partial charge in [-0.3, -0.25) is 0 Å². The molecule has 0 saturated carbocycles. The van der Waals surface area contributed by atoms with E-state index in [-0.39, 0.29) is 0 Å². The standard InChI is InChI=1S/C24H29NO/c1-26-24-14-12-22(13-15-24)17-19-25(20-23-10-6-3-7-11-23)18-16-21-8-4-2-5-9-21/h3,6-8,10-15,17,19H,2,4-5,9,16,18,20H2,1H3/b19-17+. The molecule has 26 heavy (non-hydrogen) atoms. The lowest BCUT2D eigenvalue weighted by molar-refractivity contribution is 0.372. The summed E-state index contributed by atoms with van der Waals surface area (Å²) in [7, 11) is 1.70. The Labute approximate surface area is 157 Å². The monoisotopic (exact) mass is 347 g/mol. The Hall–Kier alpha value is -2.48. The van der Waals surface area contributed by atoms with E-state index in [0.29, 0.717) is 0 Å². The Bertz CT molecular complexity index is 716. The van der Waals surface area contributed by atoms with Gasteiger partial charge in [0, 0.05) is 13.1 Å². The largest absolute Gasteiger partial charge is 0.497 e. The maximum Gasteiger partial charge on any atom is 0.118 e. The van der Waals surface area contributed by atoms with Gasteiger partial charge < -0.3 is 9.64 Å². The van der Waals surface area contributed by atoms with Crippen LogP contribution in [0, 0.1) is 0 Å². The van der Waals surface area contributed by atoms with Gasteiger partial charge in [0.05, 0.1) is 7.11 Å². The predicted octanol–water partition coefficient (Wildman–Crippen LogP) is 6.06. The molecular weight excluding hydrogens is 318 g/mol. The SMILES string of the molecule is COc1ccc(/C=C/N(CCC2=CCCCC2)Cc2ccccc2)cc1. The molecule has 1 aliphatic rings. The summed E-state index contributed by atoms with van der Waals surface area (Å²) in [6.45, 7) is 2.01. The number of allylic oxidation sites excluding steroid dienone is 1. The van der Waals surface area contributed by atoms with E-state index in [1.165, 1.54) is 43.2 Å². The summed E-state index contributed by atoms with van der Waals surface area (Å²) >= 11 is 0. The van der Waals surface area contributed by atoms with E-state index in [1.54, 1.807) is 12.7 Å². The minimum Gasteiger partial charge on any atom is -0.497 e. The van der Waals surface area contributed by atoms with Crippen LogP contribution in [0.15, 0.2) is 72.4 Å². The first kappa shape index (κ1) is 18.3. The summed E-state index contributed by atoms with van der Waals surface area (Å²) in [5, 5.41) is 0. The van der Waals surface area contributed by atoms with Crippen LogP contribution in [0.25, 0.3) is 6.08 Å². The third-order valence-electron chi connectivity index (χ3n) is 4.93. The van der Waals surface area contributed by atoms with Gasteiger partial charge in [-0.1, -0.05) is 54.1 Å². The number of benzene rings is 2. The molecule has 0 radical (unpaired) electrons. The molecule has 2 aromatic rings. The average Bonchev–Trinajstić information content (AvgIpc) is 2.72. The normalized spacial score (nSPS) is 14.3. The van der Waals surface area contributed by atoms with Crippen molar-refractivity contribution in [2.45, 2.75) is 38.6 Å². The second-order valence-electron chi connectivity index (χ2n) is 6.90. The predicted molar refractivity (Wildman–Crippen MR) is 110 cm³/mol. The van der Waals surface area contributed by atoms with Crippen molar-refractivity contribution < 1.29 is 4.74 Å². The summed E-state index contributed by atoms with van der Waals surface area (Å²) in [6.07, 6.45) is 13.3. The van der Waals surface area contributed by atoms with Crippen LogP contribution in [0.1, 0.15) is 43.2 Å². The molecule has 0 fully saturated rings.